The maximum Gasteiger partial charge on any atom is 0.178 e. The summed E-state index contributed by atoms with van der Waals surface area (Å²) in [6.07, 6.45) is 4.52. The standard InChI is InChI=1S/C13H18N2O/c1-3-15(9-11-4-5-11)12-6-7-13(10(2)16)14-8-12/h6-8,11H,3-5,9H2,1-2H3. The van der Waals surface area contributed by atoms with E-state index in [0.717, 1.165) is 24.7 Å². The number of anilines is 1. The molecule has 3 nitrogen and oxygen atoms in total. The van der Waals surface area contributed by atoms with Crippen LogP contribution < -0.4 is 4.90 Å². The normalized spacial score (nSPS) is 14.9. The highest BCUT2D eigenvalue weighted by Gasteiger charge is 2.23. The molecule has 1 aromatic heterocycles. The number of Topliss-reactive ketones (excluding diaryl/α,β-unsaturated/α-hetero) is 1. The Morgan fingerprint density at radius 2 is 2.25 bits per heavy atom. The van der Waals surface area contributed by atoms with Gasteiger partial charge < -0.3 is 4.90 Å². The van der Waals surface area contributed by atoms with Crippen LogP contribution in [0.4, 0.5) is 5.69 Å². The first-order valence-electron chi connectivity index (χ1n) is 5.92. The predicted octanol–water partition coefficient (Wildman–Crippen LogP) is 2.52. The minimum Gasteiger partial charge on any atom is -0.370 e. The molecule has 1 aliphatic carbocycles. The maximum absolute atomic E-state index is 11.1. The van der Waals surface area contributed by atoms with Crippen LogP contribution in [0.1, 0.15) is 37.2 Å². The molecule has 0 saturated heterocycles. The van der Waals surface area contributed by atoms with Crippen molar-refractivity contribution >= 4 is 11.5 Å². The van der Waals surface area contributed by atoms with Crippen molar-refractivity contribution in [1.29, 1.82) is 0 Å². The number of carbonyl (C=O) groups is 1. The molecule has 0 aromatic carbocycles. The summed E-state index contributed by atoms with van der Waals surface area (Å²) in [6.45, 7) is 5.82. The van der Waals surface area contributed by atoms with Gasteiger partial charge >= 0.3 is 0 Å². The minimum atomic E-state index is 0.0248. The lowest BCUT2D eigenvalue weighted by atomic mass is 10.2. The minimum absolute atomic E-state index is 0.0248. The molecular formula is C13H18N2O. The lowest BCUT2D eigenvalue weighted by molar-refractivity contribution is 0.101. The summed E-state index contributed by atoms with van der Waals surface area (Å²) in [5.41, 5.74) is 1.67. The van der Waals surface area contributed by atoms with Crippen molar-refractivity contribution in [3.8, 4) is 0 Å². The molecule has 0 atom stereocenters. The largest absolute Gasteiger partial charge is 0.370 e. The first-order chi connectivity index (χ1) is 7.70. The van der Waals surface area contributed by atoms with Gasteiger partial charge in [-0.15, -0.1) is 0 Å². The molecule has 86 valence electrons. The topological polar surface area (TPSA) is 33.2 Å². The monoisotopic (exact) mass is 218 g/mol. The van der Waals surface area contributed by atoms with Gasteiger partial charge in [-0.2, -0.15) is 0 Å². The Balaban J connectivity index is 2.08. The summed E-state index contributed by atoms with van der Waals surface area (Å²) >= 11 is 0. The Hall–Kier alpha value is -1.38. The van der Waals surface area contributed by atoms with Crippen LogP contribution in [0.3, 0.4) is 0 Å². The molecule has 3 heteroatoms. The van der Waals surface area contributed by atoms with E-state index in [9.17, 15) is 4.79 Å². The highest BCUT2D eigenvalue weighted by molar-refractivity contribution is 5.92. The summed E-state index contributed by atoms with van der Waals surface area (Å²) in [7, 11) is 0. The molecule has 1 saturated carbocycles. The zero-order valence-corrected chi connectivity index (χ0v) is 9.94. The maximum atomic E-state index is 11.1. The summed E-state index contributed by atoms with van der Waals surface area (Å²) in [6, 6.07) is 3.81. The number of pyridine rings is 1. The molecule has 0 spiro atoms. The Morgan fingerprint density at radius 3 is 2.69 bits per heavy atom. The Kier molecular flexibility index (Phi) is 3.22. The van der Waals surface area contributed by atoms with Gasteiger partial charge in [0.1, 0.15) is 5.69 Å². The number of hydrogen-bond donors (Lipinski definition) is 0. The van der Waals surface area contributed by atoms with Crippen LogP contribution >= 0.6 is 0 Å². The molecule has 2 rings (SSSR count). The highest BCUT2D eigenvalue weighted by atomic mass is 16.1. The second kappa shape index (κ2) is 4.64. The van der Waals surface area contributed by atoms with Crippen LogP contribution in [-0.2, 0) is 0 Å². The number of aromatic nitrogens is 1. The van der Waals surface area contributed by atoms with Gasteiger partial charge in [0.05, 0.1) is 11.9 Å². The van der Waals surface area contributed by atoms with Crippen LogP contribution in [0.2, 0.25) is 0 Å². The zero-order chi connectivity index (χ0) is 11.5. The lowest BCUT2D eigenvalue weighted by Crippen LogP contribution is -2.25. The van der Waals surface area contributed by atoms with Crippen molar-refractivity contribution < 1.29 is 4.79 Å². The van der Waals surface area contributed by atoms with Gasteiger partial charge in [-0.25, -0.2) is 0 Å². The fraction of sp³-hybridized carbons (Fsp3) is 0.538. The third kappa shape index (κ3) is 2.60. The first-order valence-corrected chi connectivity index (χ1v) is 5.92. The van der Waals surface area contributed by atoms with Crippen LogP contribution in [0.25, 0.3) is 0 Å². The SMILES string of the molecule is CCN(CC1CC1)c1ccc(C(C)=O)nc1. The zero-order valence-electron chi connectivity index (χ0n) is 9.94. The molecule has 0 N–H and O–H groups in total. The second-order valence-electron chi connectivity index (χ2n) is 4.44. The van der Waals surface area contributed by atoms with E-state index >= 15 is 0 Å². The van der Waals surface area contributed by atoms with E-state index < -0.39 is 0 Å². The Bertz CT molecular complexity index is 368. The molecule has 1 aromatic rings. The van der Waals surface area contributed by atoms with Crippen LogP contribution in [0.5, 0.6) is 0 Å². The summed E-state index contributed by atoms with van der Waals surface area (Å²) in [5, 5.41) is 0. The number of hydrogen-bond acceptors (Lipinski definition) is 3. The molecule has 1 fully saturated rings. The average molecular weight is 218 g/mol. The van der Waals surface area contributed by atoms with Crippen molar-refractivity contribution in [3.05, 3.63) is 24.0 Å². The van der Waals surface area contributed by atoms with E-state index in [0.29, 0.717) is 5.69 Å². The fourth-order valence-electron chi connectivity index (χ4n) is 1.81. The number of carbonyl (C=O) groups excluding carboxylic acids is 1. The molecular weight excluding hydrogens is 200 g/mol. The fourth-order valence-corrected chi connectivity index (χ4v) is 1.81. The quantitative estimate of drug-likeness (QED) is 0.712. The molecule has 1 aliphatic rings. The van der Waals surface area contributed by atoms with Crippen LogP contribution in [0.15, 0.2) is 18.3 Å². The molecule has 0 bridgehead atoms. The van der Waals surface area contributed by atoms with E-state index in [1.165, 1.54) is 12.8 Å². The highest BCUT2D eigenvalue weighted by Crippen LogP contribution is 2.31. The van der Waals surface area contributed by atoms with E-state index in [4.69, 9.17) is 0 Å². The van der Waals surface area contributed by atoms with Gasteiger partial charge in [-0.1, -0.05) is 0 Å². The number of nitrogens with zero attached hydrogens (tertiary/aromatic N) is 2. The number of rotatable bonds is 5. The summed E-state index contributed by atoms with van der Waals surface area (Å²) in [5.74, 6) is 0.893. The van der Waals surface area contributed by atoms with Crippen molar-refractivity contribution in [2.45, 2.75) is 26.7 Å². The Labute approximate surface area is 96.5 Å². The van der Waals surface area contributed by atoms with Crippen molar-refractivity contribution in [3.63, 3.8) is 0 Å². The molecule has 0 amide bonds. The predicted molar refractivity (Wildman–Crippen MR) is 64.9 cm³/mol. The molecule has 0 radical (unpaired) electrons. The van der Waals surface area contributed by atoms with Crippen molar-refractivity contribution in [2.24, 2.45) is 5.92 Å². The second-order valence-corrected chi connectivity index (χ2v) is 4.44. The third-order valence-corrected chi connectivity index (χ3v) is 3.03. The van der Waals surface area contributed by atoms with Crippen LogP contribution in [-0.4, -0.2) is 23.9 Å². The van der Waals surface area contributed by atoms with E-state index in [1.807, 2.05) is 18.3 Å². The van der Waals surface area contributed by atoms with Gasteiger partial charge in [-0.3, -0.25) is 9.78 Å². The van der Waals surface area contributed by atoms with Crippen molar-refractivity contribution in [2.75, 3.05) is 18.0 Å². The smallest absolute Gasteiger partial charge is 0.178 e. The van der Waals surface area contributed by atoms with E-state index in [-0.39, 0.29) is 5.78 Å². The van der Waals surface area contributed by atoms with E-state index in [2.05, 4.69) is 16.8 Å². The molecule has 1 heterocycles. The summed E-state index contributed by atoms with van der Waals surface area (Å²) in [4.78, 5) is 17.6. The molecule has 16 heavy (non-hydrogen) atoms. The Morgan fingerprint density at radius 1 is 1.50 bits per heavy atom. The third-order valence-electron chi connectivity index (χ3n) is 3.03. The van der Waals surface area contributed by atoms with Gasteiger partial charge in [0.15, 0.2) is 5.78 Å². The lowest BCUT2D eigenvalue weighted by Gasteiger charge is -2.22. The van der Waals surface area contributed by atoms with E-state index in [1.54, 1.807) is 6.92 Å². The van der Waals surface area contributed by atoms with Crippen molar-refractivity contribution in [1.82, 2.24) is 4.98 Å². The average Bonchev–Trinajstić information content (AvgIpc) is 3.10. The van der Waals surface area contributed by atoms with Gasteiger partial charge in [0, 0.05) is 20.0 Å². The molecule has 0 unspecified atom stereocenters. The van der Waals surface area contributed by atoms with Gasteiger partial charge in [-0.05, 0) is 37.8 Å². The van der Waals surface area contributed by atoms with Crippen LogP contribution in [0, 0.1) is 5.92 Å². The molecule has 0 aliphatic heterocycles. The first kappa shape index (κ1) is 11.1. The van der Waals surface area contributed by atoms with Gasteiger partial charge in [0.2, 0.25) is 0 Å². The number of ketones is 1. The van der Waals surface area contributed by atoms with Gasteiger partial charge in [0.25, 0.3) is 0 Å². The summed E-state index contributed by atoms with van der Waals surface area (Å²) < 4.78 is 0.